The van der Waals surface area contributed by atoms with Gasteiger partial charge in [-0.25, -0.2) is 4.79 Å². The van der Waals surface area contributed by atoms with Gasteiger partial charge in [-0.05, 0) is 18.2 Å². The third kappa shape index (κ3) is 2.41. The molecule has 0 unspecified atom stereocenters. The van der Waals surface area contributed by atoms with Crippen LogP contribution >= 0.6 is 11.6 Å². The van der Waals surface area contributed by atoms with Gasteiger partial charge < -0.3 is 10.4 Å². The van der Waals surface area contributed by atoms with Crippen LogP contribution in [0.1, 0.15) is 10.4 Å². The van der Waals surface area contributed by atoms with Crippen molar-refractivity contribution in [3.05, 3.63) is 28.8 Å². The highest BCUT2D eigenvalue weighted by atomic mass is 35.5. The minimum Gasteiger partial charge on any atom is -0.478 e. The number of benzene rings is 1. The number of carbonyl (C=O) groups is 1. The van der Waals surface area contributed by atoms with Gasteiger partial charge in [0.2, 0.25) is 0 Å². The van der Waals surface area contributed by atoms with E-state index >= 15 is 0 Å². The van der Waals surface area contributed by atoms with Crippen molar-refractivity contribution < 1.29 is 9.90 Å². The van der Waals surface area contributed by atoms with Crippen molar-refractivity contribution in [2.75, 3.05) is 11.9 Å². The minimum atomic E-state index is -1.04. The Labute approximate surface area is 86.7 Å². The van der Waals surface area contributed by atoms with Crippen LogP contribution in [0.2, 0.25) is 5.02 Å². The number of nitrogens with one attached hydrogen (secondary N) is 1. The molecule has 0 heterocycles. The van der Waals surface area contributed by atoms with E-state index in [1.165, 1.54) is 6.07 Å². The molecule has 0 saturated carbocycles. The van der Waals surface area contributed by atoms with Crippen molar-refractivity contribution in [1.82, 2.24) is 0 Å². The van der Waals surface area contributed by atoms with Gasteiger partial charge in [0.1, 0.15) is 0 Å². The highest BCUT2D eigenvalue weighted by molar-refractivity contribution is 6.31. The van der Waals surface area contributed by atoms with Gasteiger partial charge in [-0.2, -0.15) is 0 Å². The normalized spacial score (nSPS) is 9.14. The van der Waals surface area contributed by atoms with E-state index in [1.54, 1.807) is 12.1 Å². The van der Waals surface area contributed by atoms with E-state index in [2.05, 4.69) is 11.2 Å². The van der Waals surface area contributed by atoms with Gasteiger partial charge in [-0.15, -0.1) is 6.42 Å². The summed E-state index contributed by atoms with van der Waals surface area (Å²) < 4.78 is 0. The molecule has 0 radical (unpaired) electrons. The lowest BCUT2D eigenvalue weighted by atomic mass is 10.2. The average Bonchev–Trinajstić information content (AvgIpc) is 2.15. The summed E-state index contributed by atoms with van der Waals surface area (Å²) in [6.45, 7) is 0.280. The molecule has 14 heavy (non-hydrogen) atoms. The Kier molecular flexibility index (Phi) is 3.38. The summed E-state index contributed by atoms with van der Waals surface area (Å²) >= 11 is 5.66. The number of hydrogen-bond donors (Lipinski definition) is 2. The van der Waals surface area contributed by atoms with Crippen LogP contribution in [-0.2, 0) is 0 Å². The minimum absolute atomic E-state index is 0.118. The molecular weight excluding hydrogens is 202 g/mol. The average molecular weight is 210 g/mol. The Hall–Kier alpha value is -1.66. The first-order chi connectivity index (χ1) is 6.65. The molecule has 0 aliphatic carbocycles. The zero-order valence-electron chi connectivity index (χ0n) is 7.25. The van der Waals surface area contributed by atoms with Gasteiger partial charge in [0.15, 0.2) is 0 Å². The maximum absolute atomic E-state index is 10.8. The molecule has 0 aliphatic heterocycles. The molecule has 0 atom stereocenters. The Morgan fingerprint density at radius 2 is 2.36 bits per heavy atom. The first-order valence-corrected chi connectivity index (χ1v) is 4.23. The monoisotopic (exact) mass is 209 g/mol. The van der Waals surface area contributed by atoms with Crippen molar-refractivity contribution >= 4 is 23.3 Å². The smallest absolute Gasteiger partial charge is 0.337 e. The fourth-order valence-electron chi connectivity index (χ4n) is 0.994. The quantitative estimate of drug-likeness (QED) is 0.750. The van der Waals surface area contributed by atoms with E-state index in [-0.39, 0.29) is 12.1 Å². The van der Waals surface area contributed by atoms with Crippen molar-refractivity contribution in [3.63, 3.8) is 0 Å². The Morgan fingerprint density at radius 1 is 1.64 bits per heavy atom. The number of halogens is 1. The fourth-order valence-corrected chi connectivity index (χ4v) is 1.17. The van der Waals surface area contributed by atoms with Crippen LogP contribution in [0.3, 0.4) is 0 Å². The highest BCUT2D eigenvalue weighted by Gasteiger charge is 2.09. The lowest BCUT2D eigenvalue weighted by Crippen LogP contribution is -2.06. The number of aromatic carboxylic acids is 1. The van der Waals surface area contributed by atoms with Crippen molar-refractivity contribution in [3.8, 4) is 12.3 Å². The largest absolute Gasteiger partial charge is 0.478 e. The number of anilines is 1. The molecule has 1 aromatic rings. The van der Waals surface area contributed by atoms with Crippen LogP contribution in [0.25, 0.3) is 0 Å². The van der Waals surface area contributed by atoms with Crippen LogP contribution in [0, 0.1) is 12.3 Å². The lowest BCUT2D eigenvalue weighted by molar-refractivity contribution is 0.0698. The molecule has 1 rings (SSSR count). The second kappa shape index (κ2) is 4.54. The topological polar surface area (TPSA) is 49.3 Å². The predicted octanol–water partition coefficient (Wildman–Crippen LogP) is 2.08. The van der Waals surface area contributed by atoms with E-state index in [0.717, 1.165) is 0 Å². The SMILES string of the molecule is C#CCNc1ccc(Cl)cc1C(=O)O. The third-order valence-corrected chi connectivity index (χ3v) is 1.83. The van der Waals surface area contributed by atoms with E-state index in [4.69, 9.17) is 23.1 Å². The van der Waals surface area contributed by atoms with Gasteiger partial charge in [0.05, 0.1) is 12.1 Å². The summed E-state index contributed by atoms with van der Waals surface area (Å²) in [6.07, 6.45) is 5.05. The standard InChI is InChI=1S/C10H8ClNO2/c1-2-5-12-9-4-3-7(11)6-8(9)10(13)14/h1,3-4,6,12H,5H2,(H,13,14). The van der Waals surface area contributed by atoms with Crippen LogP contribution < -0.4 is 5.32 Å². The third-order valence-electron chi connectivity index (χ3n) is 1.59. The van der Waals surface area contributed by atoms with E-state index in [1.807, 2.05) is 0 Å². The zero-order chi connectivity index (χ0) is 10.6. The van der Waals surface area contributed by atoms with Crippen LogP contribution in [-0.4, -0.2) is 17.6 Å². The summed E-state index contributed by atoms with van der Waals surface area (Å²) in [5.41, 5.74) is 0.590. The van der Waals surface area contributed by atoms with Gasteiger partial charge in [0.25, 0.3) is 0 Å². The number of carboxylic acid groups (broad SMARTS) is 1. The van der Waals surface area contributed by atoms with E-state index < -0.39 is 5.97 Å². The van der Waals surface area contributed by atoms with E-state index in [9.17, 15) is 4.79 Å². The summed E-state index contributed by atoms with van der Waals surface area (Å²) in [6, 6.07) is 4.57. The number of hydrogen-bond acceptors (Lipinski definition) is 2. The highest BCUT2D eigenvalue weighted by Crippen LogP contribution is 2.20. The number of rotatable bonds is 3. The number of terminal acetylenes is 1. The molecule has 0 spiro atoms. The maximum atomic E-state index is 10.8. The Balaban J connectivity index is 3.03. The van der Waals surface area contributed by atoms with Crippen molar-refractivity contribution in [1.29, 1.82) is 0 Å². The Bertz CT molecular complexity index is 396. The molecule has 2 N–H and O–H groups in total. The van der Waals surface area contributed by atoms with Crippen molar-refractivity contribution in [2.45, 2.75) is 0 Å². The maximum Gasteiger partial charge on any atom is 0.337 e. The first-order valence-electron chi connectivity index (χ1n) is 3.85. The molecule has 0 aromatic heterocycles. The molecule has 72 valence electrons. The van der Waals surface area contributed by atoms with Crippen molar-refractivity contribution in [2.24, 2.45) is 0 Å². The molecular formula is C10H8ClNO2. The molecule has 0 bridgehead atoms. The van der Waals surface area contributed by atoms with Gasteiger partial charge in [-0.3, -0.25) is 0 Å². The molecule has 0 amide bonds. The molecule has 0 fully saturated rings. The van der Waals surface area contributed by atoms with Crippen LogP contribution in [0.5, 0.6) is 0 Å². The molecule has 0 saturated heterocycles. The summed E-state index contributed by atoms with van der Waals surface area (Å²) in [5, 5.41) is 12.0. The predicted molar refractivity (Wildman–Crippen MR) is 55.7 cm³/mol. The van der Waals surface area contributed by atoms with Gasteiger partial charge >= 0.3 is 5.97 Å². The summed E-state index contributed by atoms with van der Waals surface area (Å²) in [4.78, 5) is 10.8. The molecule has 3 nitrogen and oxygen atoms in total. The first kappa shape index (κ1) is 10.4. The summed E-state index contributed by atoms with van der Waals surface area (Å²) in [7, 11) is 0. The van der Waals surface area contributed by atoms with Gasteiger partial charge in [0, 0.05) is 10.7 Å². The second-order valence-electron chi connectivity index (χ2n) is 2.55. The van der Waals surface area contributed by atoms with Crippen LogP contribution in [0.15, 0.2) is 18.2 Å². The van der Waals surface area contributed by atoms with Crippen LogP contribution in [0.4, 0.5) is 5.69 Å². The fraction of sp³-hybridized carbons (Fsp3) is 0.100. The Morgan fingerprint density at radius 3 is 2.93 bits per heavy atom. The summed E-state index contributed by atoms with van der Waals surface area (Å²) in [5.74, 6) is 1.32. The second-order valence-corrected chi connectivity index (χ2v) is 2.99. The zero-order valence-corrected chi connectivity index (χ0v) is 8.01. The molecule has 0 aliphatic rings. The molecule has 1 aromatic carbocycles. The van der Waals surface area contributed by atoms with E-state index in [0.29, 0.717) is 10.7 Å². The lowest BCUT2D eigenvalue weighted by Gasteiger charge is -2.06. The molecule has 4 heteroatoms. The number of carboxylic acids is 1. The van der Waals surface area contributed by atoms with Gasteiger partial charge in [-0.1, -0.05) is 17.5 Å².